The van der Waals surface area contributed by atoms with Gasteiger partial charge in [0, 0.05) is 23.7 Å². The van der Waals surface area contributed by atoms with Crippen LogP contribution in [0.25, 0.3) is 0 Å². The fourth-order valence-corrected chi connectivity index (χ4v) is 7.92. The quantitative estimate of drug-likeness (QED) is 0.505. The van der Waals surface area contributed by atoms with Gasteiger partial charge in [-0.05, 0) is 55.5 Å². The molecular formula is C28H41N3O5S. The molecule has 37 heavy (non-hydrogen) atoms. The predicted molar refractivity (Wildman–Crippen MR) is 143 cm³/mol. The number of carbonyl (C=O) groups is 1. The molecule has 1 fully saturated rings. The van der Waals surface area contributed by atoms with E-state index < -0.39 is 27.4 Å². The lowest BCUT2D eigenvalue weighted by atomic mass is 9.88. The van der Waals surface area contributed by atoms with Crippen LogP contribution in [0.4, 0.5) is 0 Å². The zero-order valence-electron chi connectivity index (χ0n) is 22.5. The second kappa shape index (κ2) is 11.9. The summed E-state index contributed by atoms with van der Waals surface area (Å²) >= 11 is 0. The normalized spacial score (nSPS) is 25.1. The Labute approximate surface area is 220 Å². The molecular weight excluding hydrogens is 490 g/mol. The van der Waals surface area contributed by atoms with Gasteiger partial charge in [0.15, 0.2) is 9.84 Å². The van der Waals surface area contributed by atoms with Gasteiger partial charge < -0.3 is 20.8 Å². The Morgan fingerprint density at radius 2 is 1.95 bits per heavy atom. The Morgan fingerprint density at radius 3 is 2.57 bits per heavy atom. The highest BCUT2D eigenvalue weighted by Gasteiger charge is 2.42. The molecule has 0 aromatic heterocycles. The maximum atomic E-state index is 14.0. The van der Waals surface area contributed by atoms with Gasteiger partial charge in [0.05, 0.1) is 29.8 Å². The number of fused-ring (bicyclic) bond motifs is 1. The van der Waals surface area contributed by atoms with Gasteiger partial charge in [-0.15, -0.1) is 0 Å². The number of benzene rings is 2. The average Bonchev–Trinajstić information content (AvgIpc) is 3.31. The summed E-state index contributed by atoms with van der Waals surface area (Å²) in [5.41, 5.74) is 1.79. The molecule has 0 aliphatic carbocycles. The smallest absolute Gasteiger partial charge is 0.180 e. The van der Waals surface area contributed by atoms with Crippen LogP contribution in [-0.2, 0) is 21.2 Å². The molecule has 0 saturated carbocycles. The molecule has 2 aliphatic heterocycles. The molecule has 204 valence electrons. The van der Waals surface area contributed by atoms with Crippen LogP contribution in [0, 0.1) is 0 Å². The minimum Gasteiger partial charge on any atom is -0.548 e. The number of carbonyl (C=O) groups excluding carboxylic acids is 1. The molecule has 3 atom stereocenters. The SMILES string of the molecule is CCCC[C@]1(CC)CS(=O)(=O)c2cc(CN3CCC[C@@H]3C(=O)[O-])c(OC)cc2[C@@H](c2ccccc2)N1.[NH4+]. The van der Waals surface area contributed by atoms with E-state index in [0.29, 0.717) is 47.7 Å². The van der Waals surface area contributed by atoms with E-state index in [4.69, 9.17) is 4.74 Å². The summed E-state index contributed by atoms with van der Waals surface area (Å²) in [5.74, 6) is -0.511. The molecule has 0 unspecified atom stereocenters. The van der Waals surface area contributed by atoms with Crippen molar-refractivity contribution < 1.29 is 23.1 Å². The summed E-state index contributed by atoms with van der Waals surface area (Å²) in [6.07, 6.45) is 4.67. The summed E-state index contributed by atoms with van der Waals surface area (Å²) in [7, 11) is -2.08. The number of nitrogens with zero attached hydrogens (tertiary/aromatic N) is 1. The standard InChI is InChI=1S/C28H38N2O5S.H3N/c1-4-6-14-28(5-2)19-36(33,34)25-16-21(18-30-15-10-13-23(30)27(31)32)24(35-3)17-22(25)26(29-28)20-11-8-7-9-12-20;/h7-9,11-12,16-17,23,26,29H,4-6,10,13-15,18-19H2,1-3H3,(H,31,32);1H3/t23-,26-,28-;/m1./s1. The molecule has 0 amide bonds. The van der Waals surface area contributed by atoms with Crippen molar-refractivity contribution in [3.05, 3.63) is 59.2 Å². The molecule has 0 spiro atoms. The summed E-state index contributed by atoms with van der Waals surface area (Å²) in [6.45, 7) is 5.09. The van der Waals surface area contributed by atoms with E-state index in [2.05, 4.69) is 19.2 Å². The van der Waals surface area contributed by atoms with Gasteiger partial charge in [-0.1, -0.05) is 57.0 Å². The van der Waals surface area contributed by atoms with E-state index in [9.17, 15) is 18.3 Å². The molecule has 1 saturated heterocycles. The highest BCUT2D eigenvalue weighted by atomic mass is 32.2. The molecule has 0 radical (unpaired) electrons. The number of ether oxygens (including phenoxy) is 1. The number of likely N-dealkylation sites (tertiary alicyclic amines) is 1. The van der Waals surface area contributed by atoms with E-state index in [1.54, 1.807) is 13.2 Å². The second-order valence-corrected chi connectivity index (χ2v) is 12.1. The number of quaternary nitrogens is 1. The Hall–Kier alpha value is -2.46. The fraction of sp³-hybridized carbons (Fsp3) is 0.536. The average molecular weight is 532 g/mol. The predicted octanol–water partition coefficient (Wildman–Crippen LogP) is 3.59. The highest BCUT2D eigenvalue weighted by Crippen LogP contribution is 2.41. The first-order valence-corrected chi connectivity index (χ1v) is 14.6. The van der Waals surface area contributed by atoms with Crippen molar-refractivity contribution in [1.29, 1.82) is 0 Å². The number of unbranched alkanes of at least 4 members (excludes halogenated alkanes) is 1. The molecule has 2 aliphatic rings. The number of methoxy groups -OCH3 is 1. The van der Waals surface area contributed by atoms with Crippen LogP contribution in [0.2, 0.25) is 0 Å². The summed E-state index contributed by atoms with van der Waals surface area (Å²) in [4.78, 5) is 13.8. The van der Waals surface area contributed by atoms with Crippen molar-refractivity contribution in [2.75, 3.05) is 19.4 Å². The molecule has 2 heterocycles. The van der Waals surface area contributed by atoms with Crippen LogP contribution in [0.3, 0.4) is 0 Å². The largest absolute Gasteiger partial charge is 0.548 e. The first-order valence-electron chi connectivity index (χ1n) is 12.9. The van der Waals surface area contributed by atoms with Gasteiger partial charge in [-0.25, -0.2) is 8.42 Å². The number of rotatable bonds is 9. The van der Waals surface area contributed by atoms with Gasteiger partial charge in [0.1, 0.15) is 5.75 Å². The monoisotopic (exact) mass is 531 g/mol. The highest BCUT2D eigenvalue weighted by molar-refractivity contribution is 7.91. The summed E-state index contributed by atoms with van der Waals surface area (Å²) < 4.78 is 33.7. The lowest BCUT2D eigenvalue weighted by Crippen LogP contribution is -2.50. The molecule has 2 aromatic carbocycles. The van der Waals surface area contributed by atoms with Crippen LogP contribution >= 0.6 is 0 Å². The maximum absolute atomic E-state index is 14.0. The van der Waals surface area contributed by atoms with Gasteiger partial charge in [-0.3, -0.25) is 10.2 Å². The van der Waals surface area contributed by atoms with Crippen molar-refractivity contribution in [2.45, 2.75) is 81.4 Å². The van der Waals surface area contributed by atoms with Crippen LogP contribution < -0.4 is 21.3 Å². The summed E-state index contributed by atoms with van der Waals surface area (Å²) in [6, 6.07) is 12.5. The van der Waals surface area contributed by atoms with E-state index in [1.807, 2.05) is 41.3 Å². The number of carboxylic acids is 1. The van der Waals surface area contributed by atoms with Crippen molar-refractivity contribution in [1.82, 2.24) is 16.4 Å². The Bertz CT molecular complexity index is 1190. The molecule has 0 bridgehead atoms. The number of nitrogens with one attached hydrogen (secondary N) is 1. The van der Waals surface area contributed by atoms with Crippen molar-refractivity contribution in [2.24, 2.45) is 0 Å². The first-order chi connectivity index (χ1) is 17.2. The van der Waals surface area contributed by atoms with Gasteiger partial charge in [0.2, 0.25) is 0 Å². The fourth-order valence-electron chi connectivity index (χ4n) is 5.74. The Balaban J connectivity index is 0.00000380. The van der Waals surface area contributed by atoms with Crippen molar-refractivity contribution >= 4 is 15.8 Å². The third kappa shape index (κ3) is 6.00. The van der Waals surface area contributed by atoms with Gasteiger partial charge >= 0.3 is 0 Å². The third-order valence-corrected chi connectivity index (χ3v) is 9.76. The van der Waals surface area contributed by atoms with Crippen LogP contribution in [-0.4, -0.2) is 50.3 Å². The molecule has 2 aromatic rings. The number of aliphatic carboxylic acids is 1. The molecule has 4 rings (SSSR count). The van der Waals surface area contributed by atoms with Crippen LogP contribution in [0.15, 0.2) is 47.4 Å². The van der Waals surface area contributed by atoms with Crippen LogP contribution in [0.5, 0.6) is 5.75 Å². The molecule has 8 nitrogen and oxygen atoms in total. The number of sulfone groups is 1. The van der Waals surface area contributed by atoms with Crippen molar-refractivity contribution in [3.63, 3.8) is 0 Å². The van der Waals surface area contributed by atoms with Gasteiger partial charge in [0.25, 0.3) is 0 Å². The number of carboxylic acid groups (broad SMARTS) is 1. The molecule has 5 N–H and O–H groups in total. The van der Waals surface area contributed by atoms with Crippen LogP contribution in [0.1, 0.15) is 75.1 Å². The lowest BCUT2D eigenvalue weighted by Gasteiger charge is -2.36. The second-order valence-electron chi connectivity index (χ2n) is 10.1. The topological polar surface area (TPSA) is 135 Å². The van der Waals surface area contributed by atoms with Gasteiger partial charge in [-0.2, -0.15) is 0 Å². The van der Waals surface area contributed by atoms with E-state index in [-0.39, 0.29) is 17.9 Å². The maximum Gasteiger partial charge on any atom is 0.180 e. The third-order valence-electron chi connectivity index (χ3n) is 7.80. The number of hydrogen-bond donors (Lipinski definition) is 2. The van der Waals surface area contributed by atoms with Crippen molar-refractivity contribution in [3.8, 4) is 5.75 Å². The van der Waals surface area contributed by atoms with E-state index in [0.717, 1.165) is 31.2 Å². The van der Waals surface area contributed by atoms with E-state index >= 15 is 0 Å². The Morgan fingerprint density at radius 1 is 1.22 bits per heavy atom. The lowest BCUT2D eigenvalue weighted by molar-refractivity contribution is -0.311. The van der Waals surface area contributed by atoms with E-state index in [1.165, 1.54) is 0 Å². The minimum atomic E-state index is -3.65. The molecule has 9 heteroatoms. The number of hydrogen-bond acceptors (Lipinski definition) is 7. The zero-order chi connectivity index (χ0) is 25.9. The minimum absolute atomic E-state index is 0. The first kappa shape index (κ1) is 29.1. The Kier molecular flexibility index (Phi) is 9.39. The summed E-state index contributed by atoms with van der Waals surface area (Å²) in [5, 5.41) is 15.4. The zero-order valence-corrected chi connectivity index (χ0v) is 23.3.